The van der Waals surface area contributed by atoms with E-state index in [1.807, 2.05) is 13.2 Å². The molecular weight excluding hydrogens is 316 g/mol. The van der Waals surface area contributed by atoms with Crippen molar-refractivity contribution in [1.82, 2.24) is 25.1 Å². The molecule has 1 saturated heterocycles. The molecule has 3 heterocycles. The number of piperidine rings is 1. The number of carbonyl (C=O) groups is 1. The van der Waals surface area contributed by atoms with Crippen molar-refractivity contribution in [2.24, 2.45) is 13.0 Å². The van der Waals surface area contributed by atoms with E-state index in [9.17, 15) is 4.79 Å². The zero-order chi connectivity index (χ0) is 17.2. The molecule has 2 aromatic rings. The second-order valence-corrected chi connectivity index (χ2v) is 7.39. The molecule has 1 aliphatic carbocycles. The minimum Gasteiger partial charge on any atom is -0.356 e. The summed E-state index contributed by atoms with van der Waals surface area (Å²) in [6.07, 6.45) is 11.0. The van der Waals surface area contributed by atoms with Crippen molar-refractivity contribution >= 4 is 22.8 Å². The number of fused-ring (bicyclic) bond motifs is 1. The van der Waals surface area contributed by atoms with Crippen LogP contribution in [0.2, 0.25) is 0 Å². The second-order valence-electron chi connectivity index (χ2n) is 7.39. The van der Waals surface area contributed by atoms with Crippen LogP contribution in [0.15, 0.2) is 12.5 Å². The highest BCUT2D eigenvalue weighted by Gasteiger charge is 2.25. The molecule has 25 heavy (non-hydrogen) atoms. The van der Waals surface area contributed by atoms with Crippen LogP contribution < -0.4 is 10.2 Å². The van der Waals surface area contributed by atoms with E-state index in [0.717, 1.165) is 55.6 Å². The average molecular weight is 342 g/mol. The summed E-state index contributed by atoms with van der Waals surface area (Å²) in [5, 5.41) is 8.50. The molecule has 2 fully saturated rings. The quantitative estimate of drug-likeness (QED) is 0.920. The van der Waals surface area contributed by atoms with Crippen LogP contribution in [0, 0.1) is 5.92 Å². The largest absolute Gasteiger partial charge is 0.356 e. The standard InChI is InChI=1S/C18H26N6O/c1-23-17-15(11-21-23)18(20-12-19-17)24-8-6-13(7-9-24)10-16(25)22-14-4-2-3-5-14/h11-14H,2-10H2,1H3,(H,22,25). The number of nitrogens with zero attached hydrogens (tertiary/aromatic N) is 5. The van der Waals surface area contributed by atoms with E-state index in [-0.39, 0.29) is 5.91 Å². The lowest BCUT2D eigenvalue weighted by atomic mass is 9.93. The minimum absolute atomic E-state index is 0.238. The van der Waals surface area contributed by atoms with Gasteiger partial charge in [-0.05, 0) is 31.6 Å². The number of rotatable bonds is 4. The van der Waals surface area contributed by atoms with E-state index in [1.54, 1.807) is 11.0 Å². The van der Waals surface area contributed by atoms with E-state index in [1.165, 1.54) is 12.8 Å². The number of carbonyl (C=O) groups excluding carboxylic acids is 1. The topological polar surface area (TPSA) is 75.9 Å². The molecule has 0 radical (unpaired) electrons. The van der Waals surface area contributed by atoms with Gasteiger partial charge in [-0.15, -0.1) is 0 Å². The van der Waals surface area contributed by atoms with Gasteiger partial charge in [-0.2, -0.15) is 5.10 Å². The highest BCUT2D eigenvalue weighted by Crippen LogP contribution is 2.28. The third-order valence-electron chi connectivity index (χ3n) is 5.62. The number of amides is 1. The fraction of sp³-hybridized carbons (Fsp3) is 0.667. The molecule has 1 N–H and O–H groups in total. The third kappa shape index (κ3) is 3.45. The second kappa shape index (κ2) is 6.98. The highest BCUT2D eigenvalue weighted by molar-refractivity contribution is 5.86. The first-order valence-electron chi connectivity index (χ1n) is 9.37. The number of anilines is 1. The van der Waals surface area contributed by atoms with Crippen LogP contribution in [0.5, 0.6) is 0 Å². The number of nitrogens with one attached hydrogen (secondary N) is 1. The maximum atomic E-state index is 12.2. The van der Waals surface area contributed by atoms with Gasteiger partial charge in [0, 0.05) is 32.6 Å². The summed E-state index contributed by atoms with van der Waals surface area (Å²) in [6.45, 7) is 1.87. The van der Waals surface area contributed by atoms with Crippen molar-refractivity contribution in [3.8, 4) is 0 Å². The molecule has 7 heteroatoms. The zero-order valence-electron chi connectivity index (χ0n) is 14.8. The lowest BCUT2D eigenvalue weighted by molar-refractivity contribution is -0.122. The van der Waals surface area contributed by atoms with Gasteiger partial charge in [0.2, 0.25) is 5.91 Å². The lowest BCUT2D eigenvalue weighted by Gasteiger charge is -2.32. The molecule has 7 nitrogen and oxygen atoms in total. The Bertz CT molecular complexity index is 743. The van der Waals surface area contributed by atoms with Gasteiger partial charge >= 0.3 is 0 Å². The average Bonchev–Trinajstić information content (AvgIpc) is 3.26. The molecule has 0 unspecified atom stereocenters. The molecule has 134 valence electrons. The summed E-state index contributed by atoms with van der Waals surface area (Å²) in [5.74, 6) is 1.68. The van der Waals surface area contributed by atoms with Crippen molar-refractivity contribution < 1.29 is 4.79 Å². The molecule has 2 aromatic heterocycles. The van der Waals surface area contributed by atoms with Gasteiger partial charge in [0.1, 0.15) is 12.1 Å². The van der Waals surface area contributed by atoms with Crippen molar-refractivity contribution in [1.29, 1.82) is 0 Å². The van der Waals surface area contributed by atoms with Crippen molar-refractivity contribution in [3.05, 3.63) is 12.5 Å². The summed E-state index contributed by atoms with van der Waals surface area (Å²) in [4.78, 5) is 23.3. The zero-order valence-corrected chi connectivity index (χ0v) is 14.8. The molecular formula is C18H26N6O. The Balaban J connectivity index is 1.34. The smallest absolute Gasteiger partial charge is 0.220 e. The fourth-order valence-corrected chi connectivity index (χ4v) is 4.17. The third-order valence-corrected chi connectivity index (χ3v) is 5.62. The van der Waals surface area contributed by atoms with E-state index in [2.05, 4.69) is 25.3 Å². The van der Waals surface area contributed by atoms with E-state index in [4.69, 9.17) is 0 Å². The number of aryl methyl sites for hydroxylation is 1. The lowest BCUT2D eigenvalue weighted by Crippen LogP contribution is -2.38. The number of aromatic nitrogens is 4. The SMILES string of the molecule is Cn1ncc2c(N3CCC(CC(=O)NC4CCCC4)CC3)ncnc21. The summed E-state index contributed by atoms with van der Waals surface area (Å²) in [7, 11) is 1.90. The van der Waals surface area contributed by atoms with Crippen LogP contribution in [0.4, 0.5) is 5.82 Å². The maximum absolute atomic E-state index is 12.2. The first-order valence-corrected chi connectivity index (χ1v) is 9.37. The van der Waals surface area contributed by atoms with Crippen molar-refractivity contribution in [2.75, 3.05) is 18.0 Å². The Labute approximate surface area is 147 Å². The highest BCUT2D eigenvalue weighted by atomic mass is 16.1. The molecule has 0 bridgehead atoms. The Kier molecular flexibility index (Phi) is 4.55. The summed E-state index contributed by atoms with van der Waals surface area (Å²) in [6, 6.07) is 0.424. The van der Waals surface area contributed by atoms with E-state index < -0.39 is 0 Å². The van der Waals surface area contributed by atoms with Crippen LogP contribution in [-0.4, -0.2) is 44.8 Å². The first-order chi connectivity index (χ1) is 12.2. The molecule has 1 aliphatic heterocycles. The van der Waals surface area contributed by atoms with E-state index in [0.29, 0.717) is 18.4 Å². The molecule has 0 aromatic carbocycles. The Hall–Kier alpha value is -2.18. The van der Waals surface area contributed by atoms with Gasteiger partial charge in [0.25, 0.3) is 0 Å². The Morgan fingerprint density at radius 2 is 1.96 bits per heavy atom. The molecule has 0 spiro atoms. The van der Waals surface area contributed by atoms with Crippen LogP contribution in [0.3, 0.4) is 0 Å². The normalized spacial score (nSPS) is 19.6. The fourth-order valence-electron chi connectivity index (χ4n) is 4.17. The van der Waals surface area contributed by atoms with Crippen LogP contribution in [0.25, 0.3) is 11.0 Å². The molecule has 4 rings (SSSR count). The van der Waals surface area contributed by atoms with Gasteiger partial charge < -0.3 is 10.2 Å². The Morgan fingerprint density at radius 1 is 1.20 bits per heavy atom. The number of hydrogen-bond donors (Lipinski definition) is 1. The van der Waals surface area contributed by atoms with Gasteiger partial charge in [-0.3, -0.25) is 9.48 Å². The Morgan fingerprint density at radius 3 is 2.72 bits per heavy atom. The van der Waals surface area contributed by atoms with Crippen molar-refractivity contribution in [2.45, 2.75) is 51.0 Å². The first kappa shape index (κ1) is 16.3. The predicted octanol–water partition coefficient (Wildman–Crippen LogP) is 2.03. The molecule has 1 saturated carbocycles. The monoisotopic (exact) mass is 342 g/mol. The molecule has 0 atom stereocenters. The van der Waals surface area contributed by atoms with Gasteiger partial charge in [0.15, 0.2) is 5.65 Å². The summed E-state index contributed by atoms with van der Waals surface area (Å²) in [5.41, 5.74) is 0.864. The van der Waals surface area contributed by atoms with Crippen LogP contribution in [0.1, 0.15) is 44.9 Å². The van der Waals surface area contributed by atoms with Gasteiger partial charge in [-0.1, -0.05) is 12.8 Å². The van der Waals surface area contributed by atoms with Crippen LogP contribution >= 0.6 is 0 Å². The number of hydrogen-bond acceptors (Lipinski definition) is 5. The van der Waals surface area contributed by atoms with Gasteiger partial charge in [-0.25, -0.2) is 9.97 Å². The van der Waals surface area contributed by atoms with Crippen molar-refractivity contribution in [3.63, 3.8) is 0 Å². The summed E-state index contributed by atoms with van der Waals surface area (Å²) < 4.78 is 1.78. The molecule has 1 amide bonds. The maximum Gasteiger partial charge on any atom is 0.220 e. The summed E-state index contributed by atoms with van der Waals surface area (Å²) >= 11 is 0. The predicted molar refractivity (Wildman–Crippen MR) is 96.3 cm³/mol. The van der Waals surface area contributed by atoms with E-state index >= 15 is 0 Å². The molecule has 2 aliphatic rings. The minimum atomic E-state index is 0.238. The van der Waals surface area contributed by atoms with Crippen LogP contribution in [-0.2, 0) is 11.8 Å². The van der Waals surface area contributed by atoms with Gasteiger partial charge in [0.05, 0.1) is 11.6 Å².